The van der Waals surface area contributed by atoms with Crippen molar-refractivity contribution in [1.82, 2.24) is 19.5 Å². The third-order valence-electron chi connectivity index (χ3n) is 4.20. The average molecular weight is 409 g/mol. The van der Waals surface area contributed by atoms with Crippen molar-refractivity contribution < 1.29 is 0 Å². The van der Waals surface area contributed by atoms with Crippen LogP contribution in [0.2, 0.25) is 10.0 Å². The van der Waals surface area contributed by atoms with E-state index in [9.17, 15) is 5.26 Å². The summed E-state index contributed by atoms with van der Waals surface area (Å²) in [6.45, 7) is 1.06. The number of fused-ring (bicyclic) bond motifs is 1. The van der Waals surface area contributed by atoms with Gasteiger partial charge in [-0.3, -0.25) is 0 Å². The zero-order valence-electron chi connectivity index (χ0n) is 14.6. The number of anilines is 1. The molecule has 0 saturated carbocycles. The van der Waals surface area contributed by atoms with Gasteiger partial charge in [0.15, 0.2) is 17.0 Å². The van der Waals surface area contributed by atoms with Crippen molar-refractivity contribution in [2.45, 2.75) is 13.1 Å². The number of hydrogen-bond acceptors (Lipinski definition) is 5. The summed E-state index contributed by atoms with van der Waals surface area (Å²) in [7, 11) is 0. The van der Waals surface area contributed by atoms with Crippen LogP contribution in [0.4, 0.5) is 5.82 Å². The lowest BCUT2D eigenvalue weighted by molar-refractivity contribution is 0.812. The van der Waals surface area contributed by atoms with Crippen LogP contribution in [-0.4, -0.2) is 19.5 Å². The van der Waals surface area contributed by atoms with Crippen molar-refractivity contribution in [1.29, 1.82) is 5.26 Å². The van der Waals surface area contributed by atoms with E-state index in [0.29, 0.717) is 40.1 Å². The molecule has 0 saturated heterocycles. The minimum atomic E-state index is 0.0824. The number of nitrogens with one attached hydrogen (secondary N) is 1. The first-order chi connectivity index (χ1) is 13.6. The molecule has 6 nitrogen and oxygen atoms in total. The Kier molecular flexibility index (Phi) is 5.11. The van der Waals surface area contributed by atoms with Crippen LogP contribution in [0.3, 0.4) is 0 Å². The van der Waals surface area contributed by atoms with Crippen molar-refractivity contribution in [2.75, 3.05) is 5.32 Å². The Hall–Kier alpha value is -3.14. The molecule has 0 amide bonds. The Labute approximate surface area is 171 Å². The number of imidazole rings is 1. The van der Waals surface area contributed by atoms with E-state index in [1.807, 2.05) is 47.0 Å². The molecule has 2 heterocycles. The molecule has 0 bridgehead atoms. The third kappa shape index (κ3) is 3.77. The molecule has 28 heavy (non-hydrogen) atoms. The molecule has 4 rings (SSSR count). The Morgan fingerprint density at radius 3 is 2.57 bits per heavy atom. The Morgan fingerprint density at radius 2 is 1.82 bits per heavy atom. The lowest BCUT2D eigenvalue weighted by Crippen LogP contribution is -2.06. The van der Waals surface area contributed by atoms with Crippen molar-refractivity contribution in [3.05, 3.63) is 81.9 Å². The minimum Gasteiger partial charge on any atom is -0.364 e. The van der Waals surface area contributed by atoms with E-state index in [4.69, 9.17) is 23.2 Å². The van der Waals surface area contributed by atoms with Gasteiger partial charge >= 0.3 is 0 Å². The monoisotopic (exact) mass is 408 g/mol. The summed E-state index contributed by atoms with van der Waals surface area (Å²) < 4.78 is 1.90. The SMILES string of the molecule is N#Cc1nc(NCc2ccc(Cl)c(Cl)c2)c2ncn(Cc3ccccc3)c2n1. The molecule has 0 spiro atoms. The van der Waals surface area contributed by atoms with Gasteiger partial charge in [0, 0.05) is 6.54 Å². The van der Waals surface area contributed by atoms with E-state index in [2.05, 4.69) is 20.3 Å². The molecule has 4 aromatic rings. The van der Waals surface area contributed by atoms with Gasteiger partial charge in [0.2, 0.25) is 5.82 Å². The highest BCUT2D eigenvalue weighted by atomic mass is 35.5. The summed E-state index contributed by atoms with van der Waals surface area (Å²) >= 11 is 12.0. The van der Waals surface area contributed by atoms with Gasteiger partial charge in [-0.15, -0.1) is 0 Å². The first kappa shape index (κ1) is 18.2. The van der Waals surface area contributed by atoms with Gasteiger partial charge in [0.05, 0.1) is 22.9 Å². The van der Waals surface area contributed by atoms with Crippen LogP contribution in [0, 0.1) is 11.3 Å². The number of aromatic nitrogens is 4. The molecule has 0 aliphatic rings. The predicted molar refractivity (Wildman–Crippen MR) is 109 cm³/mol. The molecule has 0 fully saturated rings. The van der Waals surface area contributed by atoms with Gasteiger partial charge in [-0.25, -0.2) is 4.98 Å². The third-order valence-corrected chi connectivity index (χ3v) is 4.94. The molecule has 2 aromatic carbocycles. The van der Waals surface area contributed by atoms with Gasteiger partial charge in [0.25, 0.3) is 0 Å². The predicted octanol–water partition coefficient (Wildman–Crippen LogP) is 4.67. The zero-order valence-corrected chi connectivity index (χ0v) is 16.1. The van der Waals surface area contributed by atoms with E-state index in [1.54, 1.807) is 18.5 Å². The second-order valence-corrected chi connectivity index (χ2v) is 6.95. The Balaban J connectivity index is 1.66. The number of nitriles is 1. The van der Waals surface area contributed by atoms with Gasteiger partial charge in [0.1, 0.15) is 6.07 Å². The lowest BCUT2D eigenvalue weighted by Gasteiger charge is -2.08. The smallest absolute Gasteiger partial charge is 0.236 e. The lowest BCUT2D eigenvalue weighted by atomic mass is 10.2. The maximum absolute atomic E-state index is 9.33. The van der Waals surface area contributed by atoms with Crippen molar-refractivity contribution in [3.63, 3.8) is 0 Å². The second kappa shape index (κ2) is 7.85. The fourth-order valence-corrected chi connectivity index (χ4v) is 3.17. The maximum Gasteiger partial charge on any atom is 0.236 e. The fraction of sp³-hybridized carbons (Fsp3) is 0.100. The Morgan fingerprint density at radius 1 is 1.00 bits per heavy atom. The molecule has 138 valence electrons. The first-order valence-electron chi connectivity index (χ1n) is 8.49. The van der Waals surface area contributed by atoms with Crippen LogP contribution in [0.1, 0.15) is 17.0 Å². The van der Waals surface area contributed by atoms with Crippen LogP contribution in [-0.2, 0) is 13.1 Å². The van der Waals surface area contributed by atoms with E-state index >= 15 is 0 Å². The molecule has 0 aliphatic carbocycles. The fourth-order valence-electron chi connectivity index (χ4n) is 2.85. The van der Waals surface area contributed by atoms with Crippen LogP contribution in [0.5, 0.6) is 0 Å². The molecule has 0 radical (unpaired) electrons. The number of nitrogens with zero attached hydrogens (tertiary/aromatic N) is 5. The average Bonchev–Trinajstić information content (AvgIpc) is 3.12. The van der Waals surface area contributed by atoms with Crippen molar-refractivity contribution >= 4 is 40.2 Å². The largest absolute Gasteiger partial charge is 0.364 e. The first-order valence-corrected chi connectivity index (χ1v) is 9.24. The summed E-state index contributed by atoms with van der Waals surface area (Å²) in [5.41, 5.74) is 3.26. The molecule has 2 aromatic heterocycles. The van der Waals surface area contributed by atoms with Gasteiger partial charge in [-0.05, 0) is 23.3 Å². The number of halogens is 2. The number of benzene rings is 2. The van der Waals surface area contributed by atoms with E-state index < -0.39 is 0 Å². The zero-order chi connectivity index (χ0) is 19.5. The van der Waals surface area contributed by atoms with Gasteiger partial charge in [-0.2, -0.15) is 15.2 Å². The highest BCUT2D eigenvalue weighted by Gasteiger charge is 2.14. The topological polar surface area (TPSA) is 79.4 Å². The van der Waals surface area contributed by atoms with Crippen LogP contribution >= 0.6 is 23.2 Å². The highest BCUT2D eigenvalue weighted by molar-refractivity contribution is 6.42. The molecular weight excluding hydrogens is 395 g/mol. The summed E-state index contributed by atoms with van der Waals surface area (Å²) in [5, 5.41) is 13.5. The van der Waals surface area contributed by atoms with Crippen LogP contribution < -0.4 is 5.32 Å². The summed E-state index contributed by atoms with van der Waals surface area (Å²) in [4.78, 5) is 13.1. The van der Waals surface area contributed by atoms with Crippen molar-refractivity contribution in [3.8, 4) is 6.07 Å². The quantitative estimate of drug-likeness (QED) is 0.519. The van der Waals surface area contributed by atoms with Crippen molar-refractivity contribution in [2.24, 2.45) is 0 Å². The van der Waals surface area contributed by atoms with Crippen LogP contribution in [0.15, 0.2) is 54.9 Å². The van der Waals surface area contributed by atoms with E-state index in [-0.39, 0.29) is 5.82 Å². The second-order valence-electron chi connectivity index (χ2n) is 6.14. The molecule has 0 unspecified atom stereocenters. The van der Waals surface area contributed by atoms with E-state index in [1.165, 1.54) is 0 Å². The van der Waals surface area contributed by atoms with Gasteiger partial charge < -0.3 is 9.88 Å². The Bertz CT molecular complexity index is 1180. The summed E-state index contributed by atoms with van der Waals surface area (Å²) in [5.74, 6) is 0.582. The normalized spacial score (nSPS) is 10.8. The molecular formula is C20H14Cl2N6. The molecule has 0 atom stereocenters. The minimum absolute atomic E-state index is 0.0824. The number of hydrogen-bond donors (Lipinski definition) is 1. The molecule has 8 heteroatoms. The maximum atomic E-state index is 9.33. The molecule has 1 N–H and O–H groups in total. The number of rotatable bonds is 5. The van der Waals surface area contributed by atoms with Gasteiger partial charge in [-0.1, -0.05) is 59.6 Å². The summed E-state index contributed by atoms with van der Waals surface area (Å²) in [6.07, 6.45) is 1.71. The highest BCUT2D eigenvalue weighted by Crippen LogP contribution is 2.24. The standard InChI is InChI=1S/C20H14Cl2N6/c21-15-7-6-14(8-16(15)22)10-24-19-18-20(27-17(9-23)26-19)28(12-25-18)11-13-4-2-1-3-5-13/h1-8,12H,10-11H2,(H,24,26,27). The summed E-state index contributed by atoms with van der Waals surface area (Å²) in [6, 6.07) is 17.4. The van der Waals surface area contributed by atoms with E-state index in [0.717, 1.165) is 11.1 Å². The molecule has 0 aliphatic heterocycles. The van der Waals surface area contributed by atoms with Crippen LogP contribution in [0.25, 0.3) is 11.2 Å².